The maximum atomic E-state index is 13.4. The van der Waals surface area contributed by atoms with E-state index in [1.807, 2.05) is 0 Å². The molecule has 0 fully saturated rings. The Bertz CT molecular complexity index is 574. The minimum atomic E-state index is -5.22. The van der Waals surface area contributed by atoms with Gasteiger partial charge in [-0.2, -0.15) is 13.2 Å². The summed E-state index contributed by atoms with van der Waals surface area (Å²) in [6.07, 6.45) is -7.82. The number of amides is 1. The minimum Gasteiger partial charge on any atom is -0.497 e. The highest BCUT2D eigenvalue weighted by molar-refractivity contribution is 5.98. The molecule has 0 spiro atoms. The summed E-state index contributed by atoms with van der Waals surface area (Å²) in [5, 5.41) is 0. The summed E-state index contributed by atoms with van der Waals surface area (Å²) in [7, 11) is 2.79. The molecule has 1 amide bonds. The van der Waals surface area contributed by atoms with Crippen LogP contribution in [-0.2, 0) is 11.2 Å². The quantitative estimate of drug-likeness (QED) is 0.804. The number of halogens is 4. The van der Waals surface area contributed by atoms with Crippen molar-refractivity contribution < 1.29 is 31.8 Å². The third-order valence-corrected chi connectivity index (χ3v) is 3.48. The molecule has 0 N–H and O–H groups in total. The van der Waals surface area contributed by atoms with Crippen LogP contribution in [0.15, 0.2) is 12.1 Å². The van der Waals surface area contributed by atoms with Crippen LogP contribution in [0.4, 0.5) is 23.2 Å². The molecule has 1 atom stereocenters. The van der Waals surface area contributed by atoms with Gasteiger partial charge in [0, 0.05) is 24.2 Å². The SMILES string of the molecule is COc1cc(OC)c2c(c1)N(C(=O)C(F)C(F)(F)F)CCC2. The number of carbonyl (C=O) groups is 1. The van der Waals surface area contributed by atoms with E-state index in [1.165, 1.54) is 20.3 Å². The van der Waals surface area contributed by atoms with Crippen molar-refractivity contribution >= 4 is 11.6 Å². The molecule has 1 aliphatic heterocycles. The van der Waals surface area contributed by atoms with E-state index in [-0.39, 0.29) is 12.2 Å². The molecule has 0 saturated carbocycles. The first kappa shape index (κ1) is 16.4. The Hall–Kier alpha value is -1.99. The second-order valence-electron chi connectivity index (χ2n) is 4.82. The van der Waals surface area contributed by atoms with E-state index < -0.39 is 18.3 Å². The van der Waals surface area contributed by atoms with Crippen molar-refractivity contribution in [2.45, 2.75) is 25.2 Å². The Labute approximate surface area is 124 Å². The number of benzene rings is 1. The lowest BCUT2D eigenvalue weighted by Gasteiger charge is -2.32. The van der Waals surface area contributed by atoms with E-state index in [0.29, 0.717) is 29.9 Å². The summed E-state index contributed by atoms with van der Waals surface area (Å²) < 4.78 is 60.9. The molecule has 0 aliphatic carbocycles. The molecule has 1 aromatic rings. The zero-order chi connectivity index (χ0) is 16.5. The van der Waals surface area contributed by atoms with Gasteiger partial charge >= 0.3 is 6.18 Å². The van der Waals surface area contributed by atoms with Crippen LogP contribution in [0.5, 0.6) is 11.5 Å². The standard InChI is InChI=1S/C14H15F4NO3/c1-21-8-6-10-9(11(7-8)22-2)4-3-5-19(10)13(20)12(15)14(16,17)18/h6-7,12H,3-5H2,1-2H3. The van der Waals surface area contributed by atoms with E-state index in [0.717, 1.165) is 4.90 Å². The van der Waals surface area contributed by atoms with Gasteiger partial charge in [-0.1, -0.05) is 0 Å². The van der Waals surface area contributed by atoms with E-state index in [2.05, 4.69) is 0 Å². The maximum absolute atomic E-state index is 13.4. The molecule has 1 heterocycles. The fourth-order valence-electron chi connectivity index (χ4n) is 2.44. The summed E-state index contributed by atoms with van der Waals surface area (Å²) in [6.45, 7) is 0.0126. The van der Waals surface area contributed by atoms with Crippen LogP contribution in [0.2, 0.25) is 0 Å². The normalized spacial score (nSPS) is 16.0. The summed E-state index contributed by atoms with van der Waals surface area (Å²) >= 11 is 0. The smallest absolute Gasteiger partial charge is 0.428 e. The van der Waals surface area contributed by atoms with Gasteiger partial charge in [0.05, 0.1) is 19.9 Å². The van der Waals surface area contributed by atoms with Crippen LogP contribution < -0.4 is 14.4 Å². The number of carbonyl (C=O) groups excluding carboxylic acids is 1. The summed E-state index contributed by atoms with van der Waals surface area (Å²) in [5.41, 5.74) is 0.761. The summed E-state index contributed by atoms with van der Waals surface area (Å²) in [4.78, 5) is 12.7. The highest BCUT2D eigenvalue weighted by atomic mass is 19.4. The molecular weight excluding hydrogens is 306 g/mol. The molecule has 0 saturated heterocycles. The summed E-state index contributed by atoms with van der Waals surface area (Å²) in [5.74, 6) is -0.907. The van der Waals surface area contributed by atoms with Crippen LogP contribution in [0.1, 0.15) is 12.0 Å². The second kappa shape index (κ2) is 6.02. The van der Waals surface area contributed by atoms with E-state index in [4.69, 9.17) is 9.47 Å². The molecule has 0 radical (unpaired) electrons. The Morgan fingerprint density at radius 1 is 1.27 bits per heavy atom. The molecule has 8 heteroatoms. The van der Waals surface area contributed by atoms with Gasteiger partial charge < -0.3 is 14.4 Å². The van der Waals surface area contributed by atoms with Crippen molar-refractivity contribution in [3.63, 3.8) is 0 Å². The van der Waals surface area contributed by atoms with Crippen molar-refractivity contribution in [1.29, 1.82) is 0 Å². The lowest BCUT2D eigenvalue weighted by Crippen LogP contribution is -2.46. The van der Waals surface area contributed by atoms with E-state index >= 15 is 0 Å². The Balaban J connectivity index is 2.45. The Kier molecular flexibility index (Phi) is 4.48. The van der Waals surface area contributed by atoms with Gasteiger partial charge in [-0.3, -0.25) is 4.79 Å². The van der Waals surface area contributed by atoms with Crippen LogP contribution >= 0.6 is 0 Å². The molecule has 122 valence electrons. The van der Waals surface area contributed by atoms with Gasteiger partial charge in [-0.05, 0) is 12.8 Å². The number of hydrogen-bond acceptors (Lipinski definition) is 3. The third-order valence-electron chi connectivity index (χ3n) is 3.48. The van der Waals surface area contributed by atoms with Gasteiger partial charge in [-0.25, -0.2) is 4.39 Å². The van der Waals surface area contributed by atoms with Gasteiger partial charge in [0.15, 0.2) is 0 Å². The van der Waals surface area contributed by atoms with Gasteiger partial charge in [0.2, 0.25) is 0 Å². The fourth-order valence-corrected chi connectivity index (χ4v) is 2.44. The fraction of sp³-hybridized carbons (Fsp3) is 0.500. The molecular formula is C14H15F4NO3. The number of alkyl halides is 4. The summed E-state index contributed by atoms with van der Waals surface area (Å²) in [6, 6.07) is 2.99. The van der Waals surface area contributed by atoms with Crippen LogP contribution in [0.3, 0.4) is 0 Å². The van der Waals surface area contributed by atoms with Crippen molar-refractivity contribution in [3.8, 4) is 11.5 Å². The van der Waals surface area contributed by atoms with Crippen LogP contribution in [0, 0.1) is 0 Å². The lowest BCUT2D eigenvalue weighted by atomic mass is 9.99. The molecule has 2 rings (SSSR count). The third kappa shape index (κ3) is 2.95. The highest BCUT2D eigenvalue weighted by Gasteiger charge is 2.48. The van der Waals surface area contributed by atoms with E-state index in [1.54, 1.807) is 6.07 Å². The zero-order valence-corrected chi connectivity index (χ0v) is 12.0. The Morgan fingerprint density at radius 2 is 1.95 bits per heavy atom. The second-order valence-corrected chi connectivity index (χ2v) is 4.82. The van der Waals surface area contributed by atoms with Gasteiger partial charge in [0.1, 0.15) is 11.5 Å². The zero-order valence-electron chi connectivity index (χ0n) is 12.0. The van der Waals surface area contributed by atoms with Crippen molar-refractivity contribution in [1.82, 2.24) is 0 Å². The Morgan fingerprint density at radius 3 is 2.50 bits per heavy atom. The molecule has 4 nitrogen and oxygen atoms in total. The molecule has 1 aromatic carbocycles. The number of anilines is 1. The average molecular weight is 321 g/mol. The first-order valence-electron chi connectivity index (χ1n) is 6.56. The highest BCUT2D eigenvalue weighted by Crippen LogP contribution is 2.39. The minimum absolute atomic E-state index is 0.0126. The monoisotopic (exact) mass is 321 g/mol. The lowest BCUT2D eigenvalue weighted by molar-refractivity contribution is -0.185. The molecule has 0 aromatic heterocycles. The molecule has 22 heavy (non-hydrogen) atoms. The molecule has 0 bridgehead atoms. The number of nitrogens with zero attached hydrogens (tertiary/aromatic N) is 1. The topological polar surface area (TPSA) is 38.8 Å². The van der Waals surface area contributed by atoms with Crippen LogP contribution in [-0.4, -0.2) is 39.0 Å². The molecule has 1 aliphatic rings. The number of rotatable bonds is 3. The number of methoxy groups -OCH3 is 2. The van der Waals surface area contributed by atoms with Crippen molar-refractivity contribution in [3.05, 3.63) is 17.7 Å². The average Bonchev–Trinajstić information content (AvgIpc) is 2.50. The largest absolute Gasteiger partial charge is 0.497 e. The van der Waals surface area contributed by atoms with Crippen molar-refractivity contribution in [2.75, 3.05) is 25.7 Å². The maximum Gasteiger partial charge on any atom is 0.428 e. The number of fused-ring (bicyclic) bond motifs is 1. The number of hydrogen-bond donors (Lipinski definition) is 0. The first-order chi connectivity index (χ1) is 10.3. The predicted molar refractivity (Wildman–Crippen MR) is 71.2 cm³/mol. The first-order valence-corrected chi connectivity index (χ1v) is 6.56. The van der Waals surface area contributed by atoms with Gasteiger partial charge in [-0.15, -0.1) is 0 Å². The number of ether oxygens (including phenoxy) is 2. The van der Waals surface area contributed by atoms with Crippen LogP contribution in [0.25, 0.3) is 0 Å². The molecule has 1 unspecified atom stereocenters. The predicted octanol–water partition coefficient (Wildman–Crippen LogP) is 2.88. The van der Waals surface area contributed by atoms with E-state index in [9.17, 15) is 22.4 Å². The van der Waals surface area contributed by atoms with Gasteiger partial charge in [0.25, 0.3) is 12.1 Å². The van der Waals surface area contributed by atoms with Crippen molar-refractivity contribution in [2.24, 2.45) is 0 Å².